The first-order valence-electron chi connectivity index (χ1n) is 8.28. The molecule has 1 unspecified atom stereocenters. The summed E-state index contributed by atoms with van der Waals surface area (Å²) in [5.74, 6) is 3.79. The molecule has 1 heterocycles. The van der Waals surface area contributed by atoms with E-state index in [-0.39, 0.29) is 43.0 Å². The van der Waals surface area contributed by atoms with E-state index in [9.17, 15) is 32.9 Å². The van der Waals surface area contributed by atoms with Gasteiger partial charge in [-0.1, -0.05) is 11.8 Å². The number of hydrogen-bond acceptors (Lipinski definition) is 5. The number of rotatable bonds is 6. The molecule has 29 heavy (non-hydrogen) atoms. The first-order valence-corrected chi connectivity index (χ1v) is 8.28. The standard InChI is InChI=1S/C18H15F3N2O6/c19-18(20,21)17-13(23(27)28)10-12-9-11(6-7-14(12)29-17)3-2-8-22-15(24)4-1-5-16(25)26/h6-7,9-10,17H,1,4-5,8H2,(H,22,24)(H,25,26). The van der Waals surface area contributed by atoms with Crippen LogP contribution in [0, 0.1) is 22.0 Å². The molecule has 0 bridgehead atoms. The third-order valence-electron chi connectivity index (χ3n) is 3.74. The summed E-state index contributed by atoms with van der Waals surface area (Å²) in [7, 11) is 0. The summed E-state index contributed by atoms with van der Waals surface area (Å²) in [5.41, 5.74) is -0.678. The van der Waals surface area contributed by atoms with Gasteiger partial charge in [0.05, 0.1) is 11.5 Å². The third kappa shape index (κ3) is 6.24. The van der Waals surface area contributed by atoms with Gasteiger partial charge in [-0.2, -0.15) is 13.2 Å². The normalized spacial score (nSPS) is 15.1. The molecular weight excluding hydrogens is 397 g/mol. The number of nitro groups is 1. The maximum atomic E-state index is 13.0. The number of nitrogens with one attached hydrogen (secondary N) is 1. The van der Waals surface area contributed by atoms with Crippen LogP contribution in [0.25, 0.3) is 6.08 Å². The van der Waals surface area contributed by atoms with E-state index >= 15 is 0 Å². The molecule has 1 aromatic carbocycles. The summed E-state index contributed by atoms with van der Waals surface area (Å²) in [6, 6.07) is 3.96. The lowest BCUT2D eigenvalue weighted by atomic mass is 10.0. The zero-order chi connectivity index (χ0) is 21.6. The number of ether oxygens (including phenoxy) is 1. The third-order valence-corrected chi connectivity index (χ3v) is 3.74. The predicted molar refractivity (Wildman–Crippen MR) is 93.3 cm³/mol. The number of nitrogens with zero attached hydrogens (tertiary/aromatic N) is 1. The lowest BCUT2D eigenvalue weighted by Gasteiger charge is -2.24. The van der Waals surface area contributed by atoms with Crippen molar-refractivity contribution in [3.8, 4) is 17.6 Å². The maximum Gasteiger partial charge on any atom is 0.436 e. The molecule has 1 aliphatic heterocycles. The second-order valence-electron chi connectivity index (χ2n) is 5.94. The summed E-state index contributed by atoms with van der Waals surface area (Å²) in [6.07, 6.45) is -6.67. The molecule has 1 atom stereocenters. The van der Waals surface area contributed by atoms with Gasteiger partial charge in [-0.25, -0.2) is 0 Å². The van der Waals surface area contributed by atoms with Gasteiger partial charge in [0, 0.05) is 30.0 Å². The van der Waals surface area contributed by atoms with Gasteiger partial charge in [0.15, 0.2) is 0 Å². The van der Waals surface area contributed by atoms with Crippen molar-refractivity contribution in [3.05, 3.63) is 45.1 Å². The van der Waals surface area contributed by atoms with Crippen molar-refractivity contribution in [2.45, 2.75) is 31.5 Å². The van der Waals surface area contributed by atoms with Gasteiger partial charge < -0.3 is 15.2 Å². The molecule has 0 fully saturated rings. The maximum absolute atomic E-state index is 13.0. The number of hydrogen-bond donors (Lipinski definition) is 2. The van der Waals surface area contributed by atoms with Crippen LogP contribution in [0.5, 0.6) is 5.75 Å². The van der Waals surface area contributed by atoms with E-state index in [1.807, 2.05) is 0 Å². The van der Waals surface area contributed by atoms with Crippen LogP contribution in [0.3, 0.4) is 0 Å². The van der Waals surface area contributed by atoms with Crippen molar-refractivity contribution in [1.82, 2.24) is 5.32 Å². The highest BCUT2D eigenvalue weighted by molar-refractivity contribution is 5.77. The number of carbonyl (C=O) groups is 2. The average Bonchev–Trinajstić information content (AvgIpc) is 2.63. The van der Waals surface area contributed by atoms with Crippen molar-refractivity contribution in [2.75, 3.05) is 6.54 Å². The van der Waals surface area contributed by atoms with Crippen molar-refractivity contribution in [3.63, 3.8) is 0 Å². The molecule has 0 saturated carbocycles. The Bertz CT molecular complexity index is 914. The Labute approximate surface area is 162 Å². The smallest absolute Gasteiger partial charge is 0.436 e. The van der Waals surface area contributed by atoms with Gasteiger partial charge in [-0.05, 0) is 24.6 Å². The molecule has 0 saturated heterocycles. The topological polar surface area (TPSA) is 119 Å². The monoisotopic (exact) mass is 412 g/mol. The molecule has 0 aromatic heterocycles. The largest absolute Gasteiger partial charge is 0.481 e. The lowest BCUT2D eigenvalue weighted by Crippen LogP contribution is -2.40. The number of carboxylic acid groups (broad SMARTS) is 1. The van der Waals surface area contributed by atoms with E-state index in [0.29, 0.717) is 5.56 Å². The highest BCUT2D eigenvalue weighted by Crippen LogP contribution is 2.37. The van der Waals surface area contributed by atoms with Gasteiger partial charge in [0.2, 0.25) is 5.91 Å². The summed E-state index contributed by atoms with van der Waals surface area (Å²) < 4.78 is 43.6. The summed E-state index contributed by atoms with van der Waals surface area (Å²) in [5, 5.41) is 21.9. The number of benzene rings is 1. The lowest BCUT2D eigenvalue weighted by molar-refractivity contribution is -0.443. The van der Waals surface area contributed by atoms with Crippen LogP contribution in [-0.2, 0) is 9.59 Å². The van der Waals surface area contributed by atoms with Gasteiger partial charge in [-0.15, -0.1) is 0 Å². The molecule has 0 aliphatic carbocycles. The quantitative estimate of drug-likeness (QED) is 0.421. The van der Waals surface area contributed by atoms with E-state index in [0.717, 1.165) is 6.08 Å². The SMILES string of the molecule is O=C(O)CCCC(=O)NCC#Cc1ccc2c(c1)C=C([N+](=O)[O-])C(C(F)(F)F)O2. The molecule has 0 spiro atoms. The van der Waals surface area contributed by atoms with Crippen molar-refractivity contribution in [1.29, 1.82) is 0 Å². The van der Waals surface area contributed by atoms with Crippen molar-refractivity contribution in [2.24, 2.45) is 0 Å². The van der Waals surface area contributed by atoms with Crippen LogP contribution >= 0.6 is 0 Å². The number of amides is 1. The molecule has 11 heteroatoms. The molecule has 2 rings (SSSR count). The van der Waals surface area contributed by atoms with Gasteiger partial charge in [-0.3, -0.25) is 19.7 Å². The van der Waals surface area contributed by atoms with Crippen molar-refractivity contribution >= 4 is 18.0 Å². The van der Waals surface area contributed by atoms with E-state index < -0.39 is 28.9 Å². The number of alkyl halides is 3. The van der Waals surface area contributed by atoms with Gasteiger partial charge in [0.25, 0.3) is 11.8 Å². The van der Waals surface area contributed by atoms with E-state index in [2.05, 4.69) is 17.2 Å². The second kappa shape index (κ2) is 9.09. The number of carbonyl (C=O) groups excluding carboxylic acids is 1. The number of aliphatic carboxylic acids is 1. The van der Waals surface area contributed by atoms with Crippen molar-refractivity contribution < 1.29 is 37.5 Å². The van der Waals surface area contributed by atoms with Crippen LogP contribution in [-0.4, -0.2) is 40.7 Å². The van der Waals surface area contributed by atoms with E-state index in [1.54, 1.807) is 0 Å². The number of fused-ring (bicyclic) bond motifs is 1. The fourth-order valence-corrected chi connectivity index (χ4v) is 2.43. The zero-order valence-electron chi connectivity index (χ0n) is 14.8. The van der Waals surface area contributed by atoms with Crippen LogP contribution in [0.4, 0.5) is 13.2 Å². The fourth-order valence-electron chi connectivity index (χ4n) is 2.43. The minimum Gasteiger partial charge on any atom is -0.481 e. The first kappa shape index (κ1) is 21.7. The van der Waals surface area contributed by atoms with Crippen LogP contribution in [0.2, 0.25) is 0 Å². The molecule has 1 aromatic rings. The molecule has 8 nitrogen and oxygen atoms in total. The van der Waals surface area contributed by atoms with Crippen LogP contribution in [0.15, 0.2) is 23.9 Å². The Morgan fingerprint density at radius 2 is 2.03 bits per heavy atom. The fraction of sp³-hybridized carbons (Fsp3) is 0.333. The summed E-state index contributed by atoms with van der Waals surface area (Å²) in [6.45, 7) is -0.0222. The molecule has 1 aliphatic rings. The number of halogens is 3. The highest BCUT2D eigenvalue weighted by atomic mass is 19.4. The molecule has 154 valence electrons. The minimum absolute atomic E-state index is 0.0222. The molecule has 0 radical (unpaired) electrons. The Morgan fingerprint density at radius 1 is 1.31 bits per heavy atom. The average molecular weight is 412 g/mol. The Balaban J connectivity index is 2.04. The van der Waals surface area contributed by atoms with E-state index in [1.165, 1.54) is 18.2 Å². The highest BCUT2D eigenvalue weighted by Gasteiger charge is 2.51. The van der Waals surface area contributed by atoms with E-state index in [4.69, 9.17) is 9.84 Å². The van der Waals surface area contributed by atoms with Crippen LogP contribution in [0.1, 0.15) is 30.4 Å². The predicted octanol–water partition coefficient (Wildman–Crippen LogP) is 2.35. The van der Waals surface area contributed by atoms with Crippen LogP contribution < -0.4 is 10.1 Å². The summed E-state index contributed by atoms with van der Waals surface area (Å²) >= 11 is 0. The molecule has 1 amide bonds. The Hall–Kier alpha value is -3.55. The first-order chi connectivity index (χ1) is 13.6. The Morgan fingerprint density at radius 3 is 2.66 bits per heavy atom. The minimum atomic E-state index is -4.93. The summed E-state index contributed by atoms with van der Waals surface area (Å²) in [4.78, 5) is 31.7. The molecule has 2 N–H and O–H groups in total. The van der Waals surface area contributed by atoms with Gasteiger partial charge in [0.1, 0.15) is 5.75 Å². The Kier molecular flexibility index (Phi) is 6.82. The zero-order valence-corrected chi connectivity index (χ0v) is 14.8. The number of carboxylic acids is 1. The molecular formula is C18H15F3N2O6. The second-order valence-corrected chi connectivity index (χ2v) is 5.94. The van der Waals surface area contributed by atoms with Gasteiger partial charge >= 0.3 is 12.1 Å².